The van der Waals surface area contributed by atoms with Gasteiger partial charge in [-0.3, -0.25) is 4.90 Å². The second-order valence-corrected chi connectivity index (χ2v) is 7.76. The lowest BCUT2D eigenvalue weighted by molar-refractivity contribution is -0.139. The van der Waals surface area contributed by atoms with Gasteiger partial charge in [0.2, 0.25) is 0 Å². The van der Waals surface area contributed by atoms with E-state index in [0.717, 1.165) is 22.7 Å². The summed E-state index contributed by atoms with van der Waals surface area (Å²) in [7, 11) is 1.94. The summed E-state index contributed by atoms with van der Waals surface area (Å²) in [5, 5.41) is 8.80. The summed E-state index contributed by atoms with van der Waals surface area (Å²) in [4.78, 5) is 31.7. The van der Waals surface area contributed by atoms with E-state index in [9.17, 15) is 9.59 Å². The molecular weight excluding hydrogens is 388 g/mol. The summed E-state index contributed by atoms with van der Waals surface area (Å²) >= 11 is 1.64. The van der Waals surface area contributed by atoms with Crippen molar-refractivity contribution in [2.24, 2.45) is 0 Å². The number of benzene rings is 1. The van der Waals surface area contributed by atoms with E-state index in [2.05, 4.69) is 22.5 Å². The van der Waals surface area contributed by atoms with Gasteiger partial charge in [-0.1, -0.05) is 37.3 Å². The summed E-state index contributed by atoms with van der Waals surface area (Å²) in [6.07, 6.45) is 0.910. The van der Waals surface area contributed by atoms with Crippen molar-refractivity contribution in [3.63, 3.8) is 0 Å². The molecule has 3 rings (SSSR count). The maximum Gasteiger partial charge on any atom is 0.338 e. The Morgan fingerprint density at radius 1 is 1.24 bits per heavy atom. The smallest absolute Gasteiger partial charge is 0.338 e. The number of urea groups is 1. The van der Waals surface area contributed by atoms with Crippen molar-refractivity contribution in [1.29, 1.82) is 0 Å². The molecule has 29 heavy (non-hydrogen) atoms. The molecule has 0 saturated carbocycles. The number of esters is 1. The second-order valence-electron chi connectivity index (χ2n) is 6.81. The number of nitrogens with zero attached hydrogens (tertiary/aromatic N) is 2. The van der Waals surface area contributed by atoms with E-state index in [1.54, 1.807) is 18.3 Å². The minimum Gasteiger partial charge on any atom is -0.463 e. The topological polar surface area (TPSA) is 83.6 Å². The number of aromatic nitrogens is 1. The average Bonchev–Trinajstić information content (AvgIpc) is 3.15. The molecule has 0 bridgehead atoms. The molecule has 2 aromatic rings. The first-order chi connectivity index (χ1) is 14.0. The highest BCUT2D eigenvalue weighted by Crippen LogP contribution is 2.28. The lowest BCUT2D eigenvalue weighted by Gasteiger charge is -2.31. The molecule has 1 aliphatic heterocycles. The molecule has 2 N–H and O–H groups in total. The first-order valence-corrected chi connectivity index (χ1v) is 10.5. The Morgan fingerprint density at radius 3 is 2.66 bits per heavy atom. The van der Waals surface area contributed by atoms with E-state index in [4.69, 9.17) is 4.74 Å². The van der Waals surface area contributed by atoms with Crippen molar-refractivity contribution in [1.82, 2.24) is 20.5 Å². The first kappa shape index (κ1) is 21.0. The Morgan fingerprint density at radius 2 is 2.00 bits per heavy atom. The fraction of sp³-hybridized carbons (Fsp3) is 0.381. The van der Waals surface area contributed by atoms with Crippen molar-refractivity contribution in [3.05, 3.63) is 63.2 Å². The predicted octanol–water partition coefficient (Wildman–Crippen LogP) is 3.01. The molecule has 0 fully saturated rings. The fourth-order valence-electron chi connectivity index (χ4n) is 3.27. The zero-order valence-corrected chi connectivity index (χ0v) is 17.7. The van der Waals surface area contributed by atoms with Gasteiger partial charge in [0.15, 0.2) is 0 Å². The van der Waals surface area contributed by atoms with Crippen LogP contribution in [0, 0.1) is 0 Å². The van der Waals surface area contributed by atoms with E-state index in [-0.39, 0.29) is 12.6 Å². The number of carbonyl (C=O) groups excluding carboxylic acids is 2. The number of rotatable bonds is 8. The lowest BCUT2D eigenvalue weighted by atomic mass is 9.95. The van der Waals surface area contributed by atoms with E-state index in [1.807, 2.05) is 47.7 Å². The largest absolute Gasteiger partial charge is 0.463 e. The zero-order valence-electron chi connectivity index (χ0n) is 16.9. The molecule has 154 valence electrons. The van der Waals surface area contributed by atoms with Crippen LogP contribution in [0.2, 0.25) is 0 Å². The van der Waals surface area contributed by atoms with Crippen LogP contribution in [0.15, 0.2) is 47.0 Å². The Balaban J connectivity index is 1.89. The van der Waals surface area contributed by atoms with Crippen molar-refractivity contribution in [2.75, 3.05) is 20.2 Å². The van der Waals surface area contributed by atoms with Gasteiger partial charge >= 0.3 is 12.0 Å². The van der Waals surface area contributed by atoms with Gasteiger partial charge in [-0.25, -0.2) is 14.6 Å². The van der Waals surface area contributed by atoms with Crippen LogP contribution in [0.3, 0.4) is 0 Å². The van der Waals surface area contributed by atoms with E-state index >= 15 is 0 Å². The third kappa shape index (κ3) is 5.21. The molecule has 1 atom stereocenters. The van der Waals surface area contributed by atoms with Crippen molar-refractivity contribution in [3.8, 4) is 0 Å². The van der Waals surface area contributed by atoms with Crippen LogP contribution in [0.1, 0.15) is 36.2 Å². The summed E-state index contributed by atoms with van der Waals surface area (Å²) in [6.45, 7) is 5.13. The molecule has 8 heteroatoms. The molecule has 0 aliphatic carbocycles. The van der Waals surface area contributed by atoms with Crippen molar-refractivity contribution < 1.29 is 14.3 Å². The number of carbonyl (C=O) groups is 2. The molecule has 2 amide bonds. The molecule has 2 heterocycles. The second kappa shape index (κ2) is 9.67. The number of thiazole rings is 1. The minimum atomic E-state index is -0.557. The molecule has 1 aromatic carbocycles. The van der Waals surface area contributed by atoms with Gasteiger partial charge in [0.1, 0.15) is 0 Å². The Labute approximate surface area is 174 Å². The molecule has 1 unspecified atom stereocenters. The normalized spacial score (nSPS) is 16.6. The number of aryl methyl sites for hydroxylation is 1. The van der Waals surface area contributed by atoms with Gasteiger partial charge in [0.05, 0.1) is 28.9 Å². The molecule has 0 radical (unpaired) electrons. The highest BCUT2D eigenvalue weighted by atomic mass is 32.1. The van der Waals surface area contributed by atoms with Gasteiger partial charge < -0.3 is 15.4 Å². The van der Waals surface area contributed by atoms with Crippen LogP contribution >= 0.6 is 11.3 Å². The monoisotopic (exact) mass is 414 g/mol. The SMILES string of the molecule is CCOC(=O)C1=C(CN(C)Cc2csc(CC)n2)NC(=O)NC1c1ccccc1. The fourth-order valence-corrected chi connectivity index (χ4v) is 4.01. The van der Waals surface area contributed by atoms with Crippen LogP contribution in [0.4, 0.5) is 4.79 Å². The van der Waals surface area contributed by atoms with Crippen LogP contribution in [0.5, 0.6) is 0 Å². The Hall–Kier alpha value is -2.71. The Bertz CT molecular complexity index is 894. The molecular formula is C21H26N4O3S. The van der Waals surface area contributed by atoms with E-state index in [0.29, 0.717) is 24.4 Å². The number of amides is 2. The van der Waals surface area contributed by atoms with E-state index < -0.39 is 12.0 Å². The Kier molecular flexibility index (Phi) is 7.00. The van der Waals surface area contributed by atoms with Gasteiger partial charge in [0, 0.05) is 24.2 Å². The molecule has 0 saturated heterocycles. The molecule has 7 nitrogen and oxygen atoms in total. The number of hydrogen-bond donors (Lipinski definition) is 2. The summed E-state index contributed by atoms with van der Waals surface area (Å²) in [6, 6.07) is 8.54. The van der Waals surface area contributed by atoms with Gasteiger partial charge in [-0.15, -0.1) is 11.3 Å². The van der Waals surface area contributed by atoms with Crippen LogP contribution in [-0.2, 0) is 22.5 Å². The summed E-state index contributed by atoms with van der Waals surface area (Å²) < 4.78 is 5.30. The van der Waals surface area contributed by atoms with Gasteiger partial charge in [0.25, 0.3) is 0 Å². The summed E-state index contributed by atoms with van der Waals surface area (Å²) in [5.74, 6) is -0.431. The van der Waals surface area contributed by atoms with Crippen molar-refractivity contribution in [2.45, 2.75) is 32.9 Å². The lowest BCUT2D eigenvalue weighted by Crippen LogP contribution is -2.48. The number of nitrogens with one attached hydrogen (secondary N) is 2. The van der Waals surface area contributed by atoms with Crippen LogP contribution < -0.4 is 10.6 Å². The summed E-state index contributed by atoms with van der Waals surface area (Å²) in [5.41, 5.74) is 2.79. The van der Waals surface area contributed by atoms with Gasteiger partial charge in [-0.05, 0) is 26.0 Å². The standard InChI is InChI=1S/C21H26N4O3S/c1-4-17-22-15(13-29-17)11-25(3)12-16-18(20(26)28-5-2)19(24-21(27)23-16)14-9-7-6-8-10-14/h6-10,13,19H,4-5,11-12H2,1-3H3,(H2,23,24,27). The molecule has 0 spiro atoms. The number of likely N-dealkylation sites (N-methyl/N-ethyl adjacent to an activating group) is 1. The van der Waals surface area contributed by atoms with Crippen LogP contribution in [0.25, 0.3) is 0 Å². The van der Waals surface area contributed by atoms with Crippen molar-refractivity contribution >= 4 is 23.3 Å². The first-order valence-electron chi connectivity index (χ1n) is 9.66. The zero-order chi connectivity index (χ0) is 20.8. The minimum absolute atomic E-state index is 0.263. The molecule has 1 aromatic heterocycles. The maximum atomic E-state index is 12.8. The van der Waals surface area contributed by atoms with Crippen LogP contribution in [-0.4, -0.2) is 42.1 Å². The number of hydrogen-bond acceptors (Lipinski definition) is 6. The average molecular weight is 415 g/mol. The third-order valence-electron chi connectivity index (χ3n) is 4.54. The maximum absolute atomic E-state index is 12.8. The third-order valence-corrected chi connectivity index (χ3v) is 5.59. The quantitative estimate of drug-likeness (QED) is 0.649. The number of ether oxygens (including phenoxy) is 1. The van der Waals surface area contributed by atoms with E-state index in [1.165, 1.54) is 0 Å². The van der Waals surface area contributed by atoms with Gasteiger partial charge in [-0.2, -0.15) is 0 Å². The highest BCUT2D eigenvalue weighted by Gasteiger charge is 2.33. The highest BCUT2D eigenvalue weighted by molar-refractivity contribution is 7.09. The molecule has 1 aliphatic rings. The predicted molar refractivity (Wildman–Crippen MR) is 112 cm³/mol.